The zero-order chi connectivity index (χ0) is 12.4. The molecule has 1 aromatic rings. The van der Waals surface area contributed by atoms with E-state index in [0.717, 1.165) is 0 Å². The zero-order valence-electron chi connectivity index (χ0n) is 10.2. The molecule has 1 heterocycles. The van der Waals surface area contributed by atoms with Gasteiger partial charge in [0.1, 0.15) is 5.75 Å². The van der Waals surface area contributed by atoms with Gasteiger partial charge in [-0.05, 0) is 32.9 Å². The van der Waals surface area contributed by atoms with Crippen molar-refractivity contribution in [2.45, 2.75) is 32.6 Å². The number of ether oxygens (including phenoxy) is 3. The summed E-state index contributed by atoms with van der Waals surface area (Å²) in [4.78, 5) is 0. The van der Waals surface area contributed by atoms with Gasteiger partial charge in [-0.3, -0.25) is 9.47 Å². The molecule has 5 nitrogen and oxygen atoms in total. The zero-order valence-corrected chi connectivity index (χ0v) is 10.2. The predicted octanol–water partition coefficient (Wildman–Crippen LogP) is 2.93. The molecule has 2 rings (SSSR count). The first-order chi connectivity index (χ1) is 8.05. The van der Waals surface area contributed by atoms with Gasteiger partial charge in [0, 0.05) is 0 Å². The van der Waals surface area contributed by atoms with Crippen molar-refractivity contribution in [3.63, 3.8) is 0 Å². The Balaban J connectivity index is 2.17. The Bertz CT molecular complexity index is 405. The van der Waals surface area contributed by atoms with E-state index in [1.807, 2.05) is 37.3 Å². The monoisotopic (exact) mass is 236 g/mol. The Labute approximate surface area is 100 Å². The molecule has 0 aromatic heterocycles. The van der Waals surface area contributed by atoms with Gasteiger partial charge in [0.15, 0.2) is 5.72 Å². The van der Waals surface area contributed by atoms with Gasteiger partial charge in [0.05, 0.1) is 6.61 Å². The largest absolute Gasteiger partial charge is 0.462 e. The molecule has 5 heteroatoms. The van der Waals surface area contributed by atoms with Crippen LogP contribution in [0, 0.1) is 0 Å². The first-order valence-corrected chi connectivity index (χ1v) is 5.57. The highest BCUT2D eigenvalue weighted by Crippen LogP contribution is 2.34. The van der Waals surface area contributed by atoms with Gasteiger partial charge in [-0.2, -0.15) is 5.11 Å². The van der Waals surface area contributed by atoms with E-state index in [4.69, 9.17) is 14.2 Å². The molecule has 0 N–H and O–H groups in total. The van der Waals surface area contributed by atoms with E-state index in [0.29, 0.717) is 12.4 Å². The van der Waals surface area contributed by atoms with Crippen LogP contribution in [0.2, 0.25) is 0 Å². The number of hydrogen-bond donors (Lipinski definition) is 0. The van der Waals surface area contributed by atoms with E-state index in [1.165, 1.54) is 0 Å². The van der Waals surface area contributed by atoms with Crippen LogP contribution in [0.25, 0.3) is 0 Å². The molecular formula is C12H16N2O3. The van der Waals surface area contributed by atoms with Crippen LogP contribution in [0.1, 0.15) is 20.8 Å². The van der Waals surface area contributed by atoms with Crippen molar-refractivity contribution < 1.29 is 14.2 Å². The van der Waals surface area contributed by atoms with Crippen molar-refractivity contribution in [3.05, 3.63) is 30.3 Å². The Morgan fingerprint density at radius 1 is 1.18 bits per heavy atom. The fourth-order valence-electron chi connectivity index (χ4n) is 1.49. The highest BCUT2D eigenvalue weighted by atomic mass is 16.9. The van der Waals surface area contributed by atoms with E-state index < -0.39 is 11.8 Å². The van der Waals surface area contributed by atoms with Gasteiger partial charge in [-0.1, -0.05) is 23.3 Å². The molecular weight excluding hydrogens is 220 g/mol. The SMILES string of the molecule is CCO[C@@]1(Oc2ccccc2)N=NC(C)(C)O1. The average molecular weight is 236 g/mol. The van der Waals surface area contributed by atoms with Crippen LogP contribution in [0.15, 0.2) is 40.6 Å². The molecule has 1 aliphatic heterocycles. The van der Waals surface area contributed by atoms with Crippen LogP contribution in [0.3, 0.4) is 0 Å². The predicted molar refractivity (Wildman–Crippen MR) is 61.4 cm³/mol. The minimum absolute atomic E-state index is 0.419. The number of hydrogen-bond acceptors (Lipinski definition) is 5. The molecule has 17 heavy (non-hydrogen) atoms. The van der Waals surface area contributed by atoms with Crippen LogP contribution in [-0.2, 0) is 9.47 Å². The summed E-state index contributed by atoms with van der Waals surface area (Å²) in [5, 5.41) is 7.95. The summed E-state index contributed by atoms with van der Waals surface area (Å²) in [5.74, 6) is 0.623. The minimum Gasteiger partial charge on any atom is -0.420 e. The summed E-state index contributed by atoms with van der Waals surface area (Å²) in [6, 6.07) is 9.26. The summed E-state index contributed by atoms with van der Waals surface area (Å²) < 4.78 is 16.7. The first kappa shape index (κ1) is 12.0. The van der Waals surface area contributed by atoms with Gasteiger partial charge in [0.25, 0.3) is 0 Å². The smallest absolute Gasteiger partial charge is 0.420 e. The lowest BCUT2D eigenvalue weighted by molar-refractivity contribution is -0.348. The van der Waals surface area contributed by atoms with Crippen LogP contribution in [0.5, 0.6) is 5.75 Å². The van der Waals surface area contributed by atoms with Crippen molar-refractivity contribution >= 4 is 0 Å². The third kappa shape index (κ3) is 2.81. The van der Waals surface area contributed by atoms with Crippen LogP contribution in [-0.4, -0.2) is 18.4 Å². The van der Waals surface area contributed by atoms with Crippen LogP contribution < -0.4 is 4.74 Å². The number of para-hydroxylation sites is 1. The van der Waals surface area contributed by atoms with Gasteiger partial charge >= 0.3 is 6.10 Å². The molecule has 0 amide bonds. The highest BCUT2D eigenvalue weighted by molar-refractivity contribution is 5.21. The second-order valence-electron chi connectivity index (χ2n) is 4.12. The maximum Gasteiger partial charge on any atom is 0.462 e. The summed E-state index contributed by atoms with van der Waals surface area (Å²) in [6.45, 7) is 5.86. The van der Waals surface area contributed by atoms with Gasteiger partial charge in [-0.15, -0.1) is 0 Å². The summed E-state index contributed by atoms with van der Waals surface area (Å²) in [5.41, 5.74) is -0.732. The van der Waals surface area contributed by atoms with E-state index >= 15 is 0 Å². The third-order valence-electron chi connectivity index (χ3n) is 2.11. The standard InChI is InChI=1S/C12H16N2O3/c1-4-15-12(14-13-11(2,3)17-12)16-10-8-6-5-7-9-10/h5-9H,4H2,1-3H3/t12-/m1/s1. The van der Waals surface area contributed by atoms with Crippen molar-refractivity contribution in [1.29, 1.82) is 0 Å². The summed E-state index contributed by atoms with van der Waals surface area (Å²) >= 11 is 0. The summed E-state index contributed by atoms with van der Waals surface area (Å²) in [6.07, 6.45) is -1.46. The second-order valence-corrected chi connectivity index (χ2v) is 4.12. The van der Waals surface area contributed by atoms with Gasteiger partial charge in [0.2, 0.25) is 0 Å². The molecule has 1 aliphatic rings. The average Bonchev–Trinajstić information content (AvgIpc) is 2.56. The molecule has 0 aliphatic carbocycles. The number of rotatable bonds is 4. The Morgan fingerprint density at radius 3 is 2.41 bits per heavy atom. The Morgan fingerprint density at radius 2 is 1.88 bits per heavy atom. The lowest BCUT2D eigenvalue weighted by atomic mass is 10.3. The van der Waals surface area contributed by atoms with Crippen molar-refractivity contribution in [3.8, 4) is 5.75 Å². The van der Waals surface area contributed by atoms with Crippen molar-refractivity contribution in [1.82, 2.24) is 0 Å². The quantitative estimate of drug-likeness (QED) is 0.755. The Hall–Kier alpha value is -1.46. The molecule has 0 fully saturated rings. The molecule has 0 saturated carbocycles. The molecule has 1 atom stereocenters. The normalized spacial score (nSPS) is 26.1. The fraction of sp³-hybridized carbons (Fsp3) is 0.500. The van der Waals surface area contributed by atoms with Crippen LogP contribution >= 0.6 is 0 Å². The maximum absolute atomic E-state index is 5.63. The second kappa shape index (κ2) is 4.43. The van der Waals surface area contributed by atoms with Crippen molar-refractivity contribution in [2.24, 2.45) is 10.2 Å². The van der Waals surface area contributed by atoms with Gasteiger partial charge in [-0.25, -0.2) is 0 Å². The van der Waals surface area contributed by atoms with Gasteiger partial charge < -0.3 is 4.74 Å². The van der Waals surface area contributed by atoms with E-state index in [9.17, 15) is 0 Å². The maximum atomic E-state index is 5.63. The molecule has 0 unspecified atom stereocenters. The number of nitrogens with zero attached hydrogens (tertiary/aromatic N) is 2. The van der Waals surface area contributed by atoms with E-state index in [-0.39, 0.29) is 0 Å². The number of azo groups is 1. The molecule has 0 radical (unpaired) electrons. The molecule has 0 bridgehead atoms. The number of benzene rings is 1. The highest BCUT2D eigenvalue weighted by Gasteiger charge is 2.47. The fourth-order valence-corrected chi connectivity index (χ4v) is 1.49. The first-order valence-electron chi connectivity index (χ1n) is 5.57. The van der Waals surface area contributed by atoms with Crippen LogP contribution in [0.4, 0.5) is 0 Å². The minimum atomic E-state index is -1.46. The van der Waals surface area contributed by atoms with Crippen molar-refractivity contribution in [2.75, 3.05) is 6.61 Å². The topological polar surface area (TPSA) is 52.4 Å². The lowest BCUT2D eigenvalue weighted by Gasteiger charge is -2.26. The lowest BCUT2D eigenvalue weighted by Crippen LogP contribution is -2.41. The van der Waals surface area contributed by atoms with E-state index in [2.05, 4.69) is 10.2 Å². The summed E-state index contributed by atoms with van der Waals surface area (Å²) in [7, 11) is 0. The molecule has 92 valence electrons. The third-order valence-corrected chi connectivity index (χ3v) is 2.11. The Kier molecular flexibility index (Phi) is 3.13. The molecule has 0 saturated heterocycles. The molecule has 1 aromatic carbocycles. The molecule has 0 spiro atoms. The van der Waals surface area contributed by atoms with E-state index in [1.54, 1.807) is 13.8 Å².